The van der Waals surface area contributed by atoms with Crippen LogP contribution in [0.2, 0.25) is 10.0 Å². The van der Waals surface area contributed by atoms with Gasteiger partial charge in [-0.25, -0.2) is 0 Å². The molecule has 0 spiro atoms. The predicted molar refractivity (Wildman–Crippen MR) is 123 cm³/mol. The lowest BCUT2D eigenvalue weighted by atomic mass is 10.00. The molecule has 1 N–H and O–H groups in total. The molecule has 0 saturated carbocycles. The van der Waals surface area contributed by atoms with E-state index in [9.17, 15) is 9.59 Å². The molecule has 0 atom stereocenters. The molecule has 0 radical (unpaired) electrons. The maximum atomic E-state index is 12.9. The monoisotopic (exact) mass is 454 g/mol. The number of rotatable bonds is 5. The van der Waals surface area contributed by atoms with Gasteiger partial charge in [-0.15, -0.1) is 0 Å². The normalized spacial score (nSPS) is 12.8. The zero-order valence-electron chi connectivity index (χ0n) is 16.6. The lowest BCUT2D eigenvalue weighted by Gasteiger charge is -2.30. The minimum absolute atomic E-state index is 0.0217. The summed E-state index contributed by atoms with van der Waals surface area (Å²) in [5, 5.41) is 3.67. The van der Waals surface area contributed by atoms with Crippen molar-refractivity contribution in [2.45, 2.75) is 12.8 Å². The molecule has 31 heavy (non-hydrogen) atoms. The molecule has 3 aromatic carbocycles. The van der Waals surface area contributed by atoms with Crippen LogP contribution in [0.5, 0.6) is 5.75 Å². The second-order valence-corrected chi connectivity index (χ2v) is 8.03. The van der Waals surface area contributed by atoms with Crippen LogP contribution in [0.4, 0.5) is 11.4 Å². The molecule has 2 amide bonds. The third kappa shape index (κ3) is 5.01. The van der Waals surface area contributed by atoms with Crippen LogP contribution in [-0.2, 0) is 11.2 Å². The predicted octanol–water partition coefficient (Wildman–Crippen LogP) is 5.60. The minimum atomic E-state index is -0.306. The van der Waals surface area contributed by atoms with Crippen molar-refractivity contribution in [2.75, 3.05) is 23.4 Å². The highest BCUT2D eigenvalue weighted by atomic mass is 35.5. The molecular formula is C24H20Cl2N2O3. The van der Waals surface area contributed by atoms with E-state index in [0.29, 0.717) is 33.6 Å². The number of halogens is 2. The smallest absolute Gasteiger partial charge is 0.262 e. The van der Waals surface area contributed by atoms with Crippen LogP contribution in [-0.4, -0.2) is 25.0 Å². The van der Waals surface area contributed by atoms with Crippen molar-refractivity contribution in [3.63, 3.8) is 0 Å². The molecule has 158 valence electrons. The van der Waals surface area contributed by atoms with Crippen LogP contribution >= 0.6 is 23.2 Å². The van der Waals surface area contributed by atoms with Gasteiger partial charge in [0.2, 0.25) is 0 Å². The first kappa shape index (κ1) is 21.2. The van der Waals surface area contributed by atoms with Crippen molar-refractivity contribution < 1.29 is 14.3 Å². The Morgan fingerprint density at radius 3 is 2.58 bits per heavy atom. The number of ether oxygens (including phenoxy) is 1. The summed E-state index contributed by atoms with van der Waals surface area (Å²) < 4.78 is 5.48. The third-order valence-corrected chi connectivity index (χ3v) is 5.53. The minimum Gasteiger partial charge on any atom is -0.482 e. The number of fused-ring (bicyclic) bond motifs is 1. The van der Waals surface area contributed by atoms with E-state index in [0.717, 1.165) is 24.1 Å². The van der Waals surface area contributed by atoms with E-state index >= 15 is 0 Å². The zero-order chi connectivity index (χ0) is 21.8. The van der Waals surface area contributed by atoms with Gasteiger partial charge in [0, 0.05) is 28.5 Å². The summed E-state index contributed by atoms with van der Waals surface area (Å²) in [6.07, 6.45) is 1.70. The number of anilines is 2. The molecule has 0 bridgehead atoms. The molecule has 1 aliphatic rings. The first-order valence-electron chi connectivity index (χ1n) is 9.89. The largest absolute Gasteiger partial charge is 0.482 e. The number of hydrogen-bond donors (Lipinski definition) is 1. The highest BCUT2D eigenvalue weighted by molar-refractivity contribution is 6.35. The van der Waals surface area contributed by atoms with Crippen molar-refractivity contribution in [3.8, 4) is 5.75 Å². The summed E-state index contributed by atoms with van der Waals surface area (Å²) >= 11 is 11.9. The van der Waals surface area contributed by atoms with Gasteiger partial charge >= 0.3 is 0 Å². The molecule has 0 fully saturated rings. The third-order valence-electron chi connectivity index (χ3n) is 5.00. The highest BCUT2D eigenvalue weighted by Gasteiger charge is 2.23. The molecule has 0 aliphatic carbocycles. The number of nitrogens with zero attached hydrogens (tertiary/aromatic N) is 1. The van der Waals surface area contributed by atoms with Crippen molar-refractivity contribution in [3.05, 3.63) is 87.9 Å². The lowest BCUT2D eigenvalue weighted by Crippen LogP contribution is -2.35. The topological polar surface area (TPSA) is 58.6 Å². The standard InChI is InChI=1S/C24H20Cl2N2O3/c25-18-8-11-22(20(26)14-18)31-15-23(29)27-19-9-10-21-17(13-19)7-4-12-28(21)24(30)16-5-2-1-3-6-16/h1-3,5-6,8-11,13-14H,4,7,12,15H2,(H,27,29). The van der Waals surface area contributed by atoms with Crippen molar-refractivity contribution >= 4 is 46.4 Å². The summed E-state index contributed by atoms with van der Waals surface area (Å²) in [6.45, 7) is 0.485. The quantitative estimate of drug-likeness (QED) is 0.545. The Balaban J connectivity index is 1.43. The number of benzene rings is 3. The van der Waals surface area contributed by atoms with Gasteiger partial charge in [-0.3, -0.25) is 9.59 Å². The van der Waals surface area contributed by atoms with Gasteiger partial charge in [-0.2, -0.15) is 0 Å². The van der Waals surface area contributed by atoms with Crippen LogP contribution in [0.25, 0.3) is 0 Å². The number of carbonyl (C=O) groups is 2. The molecule has 0 unspecified atom stereocenters. The fourth-order valence-corrected chi connectivity index (χ4v) is 4.02. The first-order valence-corrected chi connectivity index (χ1v) is 10.6. The molecule has 3 aromatic rings. The molecule has 1 heterocycles. The van der Waals surface area contributed by atoms with E-state index in [-0.39, 0.29) is 18.4 Å². The fraction of sp³-hybridized carbons (Fsp3) is 0.167. The average Bonchev–Trinajstić information content (AvgIpc) is 2.78. The Morgan fingerprint density at radius 1 is 1.00 bits per heavy atom. The van der Waals surface area contributed by atoms with Crippen LogP contribution in [0.15, 0.2) is 66.7 Å². The zero-order valence-corrected chi connectivity index (χ0v) is 18.1. The van der Waals surface area contributed by atoms with Gasteiger partial charge in [0.05, 0.1) is 5.02 Å². The molecule has 7 heteroatoms. The van der Waals surface area contributed by atoms with Gasteiger partial charge in [-0.05, 0) is 66.9 Å². The summed E-state index contributed by atoms with van der Waals surface area (Å²) in [4.78, 5) is 27.0. The second kappa shape index (κ2) is 9.41. The maximum absolute atomic E-state index is 12.9. The van der Waals surface area contributed by atoms with Crippen LogP contribution in [0.1, 0.15) is 22.3 Å². The van der Waals surface area contributed by atoms with Gasteiger partial charge < -0.3 is 15.0 Å². The van der Waals surface area contributed by atoms with Crippen LogP contribution < -0.4 is 15.0 Å². The Morgan fingerprint density at radius 2 is 1.81 bits per heavy atom. The summed E-state index contributed by atoms with van der Waals surface area (Å²) in [6, 6.07) is 19.6. The van der Waals surface area contributed by atoms with Gasteiger partial charge in [0.1, 0.15) is 5.75 Å². The molecular weight excluding hydrogens is 435 g/mol. The summed E-state index contributed by atoms with van der Waals surface area (Å²) in [5.74, 6) is 0.0623. The van der Waals surface area contributed by atoms with Gasteiger partial charge in [-0.1, -0.05) is 41.4 Å². The Kier molecular flexibility index (Phi) is 6.44. The van der Waals surface area contributed by atoms with E-state index in [1.807, 2.05) is 42.5 Å². The van der Waals surface area contributed by atoms with Crippen molar-refractivity contribution in [1.82, 2.24) is 0 Å². The van der Waals surface area contributed by atoms with E-state index in [4.69, 9.17) is 27.9 Å². The van der Waals surface area contributed by atoms with E-state index in [1.54, 1.807) is 29.2 Å². The molecule has 0 saturated heterocycles. The Labute approximate surface area is 190 Å². The van der Waals surface area contributed by atoms with Crippen molar-refractivity contribution in [1.29, 1.82) is 0 Å². The lowest BCUT2D eigenvalue weighted by molar-refractivity contribution is -0.118. The number of carbonyl (C=O) groups excluding carboxylic acids is 2. The van der Waals surface area contributed by atoms with Crippen LogP contribution in [0.3, 0.4) is 0 Å². The first-order chi connectivity index (χ1) is 15.0. The summed E-state index contributed by atoms with van der Waals surface area (Å²) in [5.41, 5.74) is 3.21. The average molecular weight is 455 g/mol. The molecule has 1 aliphatic heterocycles. The van der Waals surface area contributed by atoms with E-state index in [1.165, 1.54) is 0 Å². The highest BCUT2D eigenvalue weighted by Crippen LogP contribution is 2.31. The van der Waals surface area contributed by atoms with E-state index in [2.05, 4.69) is 5.32 Å². The van der Waals surface area contributed by atoms with Gasteiger partial charge in [0.25, 0.3) is 11.8 Å². The van der Waals surface area contributed by atoms with E-state index < -0.39 is 0 Å². The number of amides is 2. The second-order valence-electron chi connectivity index (χ2n) is 7.18. The molecule has 0 aromatic heterocycles. The number of hydrogen-bond acceptors (Lipinski definition) is 3. The van der Waals surface area contributed by atoms with Gasteiger partial charge in [0.15, 0.2) is 6.61 Å². The number of nitrogens with one attached hydrogen (secondary N) is 1. The molecule has 5 nitrogen and oxygen atoms in total. The fourth-order valence-electron chi connectivity index (χ4n) is 3.56. The van der Waals surface area contributed by atoms with Crippen molar-refractivity contribution in [2.24, 2.45) is 0 Å². The number of aryl methyl sites for hydroxylation is 1. The maximum Gasteiger partial charge on any atom is 0.262 e. The Hall–Kier alpha value is -3.02. The summed E-state index contributed by atoms with van der Waals surface area (Å²) in [7, 11) is 0. The SMILES string of the molecule is O=C(COc1ccc(Cl)cc1Cl)Nc1ccc2c(c1)CCCN2C(=O)c1ccccc1. The Bertz CT molecular complexity index is 1120. The van der Waals surface area contributed by atoms with Crippen LogP contribution in [0, 0.1) is 0 Å². The molecule has 4 rings (SSSR count).